The zero-order valence-corrected chi connectivity index (χ0v) is 9.37. The smallest absolute Gasteiger partial charge is 0.429 e. The van der Waals surface area contributed by atoms with Gasteiger partial charge < -0.3 is 4.74 Å². The normalized spacial score (nSPS) is 11.1. The van der Waals surface area contributed by atoms with Gasteiger partial charge >= 0.3 is 5.30 Å². The number of ether oxygens (including phenoxy) is 1. The van der Waals surface area contributed by atoms with E-state index in [0.717, 1.165) is 5.56 Å². The van der Waals surface area contributed by atoms with Crippen LogP contribution in [0.1, 0.15) is 12.5 Å². The van der Waals surface area contributed by atoms with Crippen LogP contribution >= 0.6 is 0 Å². The summed E-state index contributed by atoms with van der Waals surface area (Å²) >= 11 is 0. The van der Waals surface area contributed by atoms with E-state index < -0.39 is 15.1 Å². The van der Waals surface area contributed by atoms with Crippen molar-refractivity contribution < 1.29 is 17.9 Å². The van der Waals surface area contributed by atoms with Gasteiger partial charge in [0.05, 0.1) is 11.5 Å². The molecule has 0 aromatic heterocycles. The van der Waals surface area contributed by atoms with Crippen LogP contribution < -0.4 is 0 Å². The number of benzene rings is 1. The quantitative estimate of drug-likeness (QED) is 0.725. The summed E-state index contributed by atoms with van der Waals surface area (Å²) in [6.45, 7) is 3.36. The fraction of sp³-hybridized carbons (Fsp3) is 0.300. The second-order valence-electron chi connectivity index (χ2n) is 3.00. The first-order chi connectivity index (χ1) is 6.98. The molecule has 0 aliphatic carbocycles. The first-order valence-corrected chi connectivity index (χ1v) is 5.95. The van der Waals surface area contributed by atoms with E-state index in [1.54, 1.807) is 26.0 Å². The molecule has 0 amide bonds. The van der Waals surface area contributed by atoms with E-state index in [2.05, 4.69) is 4.74 Å². The van der Waals surface area contributed by atoms with Gasteiger partial charge in [-0.05, 0) is 31.5 Å². The third kappa shape index (κ3) is 2.56. The lowest BCUT2D eigenvalue weighted by Gasteiger charge is -2.03. The van der Waals surface area contributed by atoms with Gasteiger partial charge in [-0.3, -0.25) is 0 Å². The number of aryl methyl sites for hydroxylation is 1. The fourth-order valence-corrected chi connectivity index (χ4v) is 2.14. The molecule has 0 saturated carbocycles. The molecule has 0 fully saturated rings. The Kier molecular flexibility index (Phi) is 3.47. The summed E-state index contributed by atoms with van der Waals surface area (Å²) in [5.41, 5.74) is 0.778. The highest BCUT2D eigenvalue weighted by molar-refractivity contribution is 8.05. The van der Waals surface area contributed by atoms with Gasteiger partial charge in [0.25, 0.3) is 9.84 Å². The van der Waals surface area contributed by atoms with Gasteiger partial charge in [0.2, 0.25) is 0 Å². The molecule has 82 valence electrons. The van der Waals surface area contributed by atoms with Crippen LogP contribution in [0, 0.1) is 6.92 Å². The molecule has 0 N–H and O–H groups in total. The van der Waals surface area contributed by atoms with Crippen molar-refractivity contribution in [1.82, 2.24) is 0 Å². The van der Waals surface area contributed by atoms with Crippen molar-refractivity contribution in [2.45, 2.75) is 18.7 Å². The lowest BCUT2D eigenvalue weighted by molar-refractivity contribution is 0.178. The molecule has 5 heteroatoms. The Bertz CT molecular complexity index is 462. The number of hydrogen-bond donors (Lipinski definition) is 0. The molecule has 0 radical (unpaired) electrons. The molecular formula is C10H12O4S. The van der Waals surface area contributed by atoms with Gasteiger partial charge in [-0.1, -0.05) is 12.1 Å². The van der Waals surface area contributed by atoms with Gasteiger partial charge in [-0.2, -0.15) is 0 Å². The average molecular weight is 228 g/mol. The van der Waals surface area contributed by atoms with Crippen molar-refractivity contribution in [3.63, 3.8) is 0 Å². The van der Waals surface area contributed by atoms with Gasteiger partial charge in [-0.25, -0.2) is 13.2 Å². The van der Waals surface area contributed by atoms with Crippen molar-refractivity contribution in [1.29, 1.82) is 0 Å². The van der Waals surface area contributed by atoms with Crippen molar-refractivity contribution in [2.75, 3.05) is 6.61 Å². The Balaban J connectivity index is 3.12. The summed E-state index contributed by atoms with van der Waals surface area (Å²) in [5, 5.41) is -1.20. The van der Waals surface area contributed by atoms with Gasteiger partial charge in [0, 0.05) is 0 Å². The molecule has 0 unspecified atom stereocenters. The topological polar surface area (TPSA) is 60.4 Å². The Hall–Kier alpha value is -1.36. The van der Waals surface area contributed by atoms with Crippen molar-refractivity contribution in [3.8, 4) is 0 Å². The van der Waals surface area contributed by atoms with E-state index in [1.807, 2.05) is 0 Å². The van der Waals surface area contributed by atoms with Crippen molar-refractivity contribution in [2.24, 2.45) is 0 Å². The van der Waals surface area contributed by atoms with E-state index >= 15 is 0 Å². The molecule has 0 aliphatic rings. The predicted molar refractivity (Wildman–Crippen MR) is 55.4 cm³/mol. The Labute approximate surface area is 88.8 Å². The SMILES string of the molecule is CCOC(=O)S(=O)(=O)c1cccc(C)c1. The average Bonchev–Trinajstić information content (AvgIpc) is 2.18. The van der Waals surface area contributed by atoms with E-state index in [-0.39, 0.29) is 11.5 Å². The minimum absolute atomic E-state index is 0.0269. The molecule has 0 spiro atoms. The molecular weight excluding hydrogens is 216 g/mol. The van der Waals surface area contributed by atoms with Crippen LogP contribution in [-0.2, 0) is 14.6 Å². The largest absolute Gasteiger partial charge is 0.454 e. The summed E-state index contributed by atoms with van der Waals surface area (Å²) in [6.07, 6.45) is 0. The maximum atomic E-state index is 11.6. The Morgan fingerprint density at radius 2 is 2.07 bits per heavy atom. The number of sulfone groups is 1. The second kappa shape index (κ2) is 4.44. The highest BCUT2D eigenvalue weighted by Gasteiger charge is 2.25. The molecule has 1 aromatic rings. The van der Waals surface area contributed by atoms with Crippen LogP contribution in [0.2, 0.25) is 0 Å². The zero-order chi connectivity index (χ0) is 11.5. The molecule has 0 bridgehead atoms. The van der Waals surface area contributed by atoms with Gasteiger partial charge in [-0.15, -0.1) is 0 Å². The highest BCUT2D eigenvalue weighted by Crippen LogP contribution is 2.14. The molecule has 1 rings (SSSR count). The van der Waals surface area contributed by atoms with Crippen molar-refractivity contribution >= 4 is 15.1 Å². The highest BCUT2D eigenvalue weighted by atomic mass is 32.2. The molecule has 15 heavy (non-hydrogen) atoms. The van der Waals surface area contributed by atoms with E-state index in [9.17, 15) is 13.2 Å². The maximum absolute atomic E-state index is 11.6. The Morgan fingerprint density at radius 3 is 2.60 bits per heavy atom. The summed E-state index contributed by atoms with van der Waals surface area (Å²) in [7, 11) is -3.98. The minimum atomic E-state index is -3.98. The predicted octanol–water partition coefficient (Wildman–Crippen LogP) is 1.93. The maximum Gasteiger partial charge on any atom is 0.429 e. The monoisotopic (exact) mass is 228 g/mol. The number of hydrogen-bond acceptors (Lipinski definition) is 4. The number of rotatable bonds is 2. The lowest BCUT2D eigenvalue weighted by Crippen LogP contribution is -2.16. The minimum Gasteiger partial charge on any atom is -0.454 e. The van der Waals surface area contributed by atoms with Crippen LogP contribution in [0.5, 0.6) is 0 Å². The van der Waals surface area contributed by atoms with Gasteiger partial charge in [0.1, 0.15) is 0 Å². The Morgan fingerprint density at radius 1 is 1.40 bits per heavy atom. The van der Waals surface area contributed by atoms with Crippen LogP contribution in [0.4, 0.5) is 4.79 Å². The summed E-state index contributed by atoms with van der Waals surface area (Å²) < 4.78 is 27.7. The summed E-state index contributed by atoms with van der Waals surface area (Å²) in [4.78, 5) is 11.1. The van der Waals surface area contributed by atoms with E-state index in [0.29, 0.717) is 0 Å². The zero-order valence-electron chi connectivity index (χ0n) is 8.56. The van der Waals surface area contributed by atoms with Crippen LogP contribution in [-0.4, -0.2) is 20.3 Å². The summed E-state index contributed by atoms with van der Waals surface area (Å²) in [5.74, 6) is 0. The standard InChI is InChI=1S/C10H12O4S/c1-3-14-10(11)15(12,13)9-6-4-5-8(2)7-9/h4-7H,3H2,1-2H3. The molecule has 0 saturated heterocycles. The number of carbonyl (C=O) groups is 1. The first kappa shape index (κ1) is 11.7. The molecule has 0 atom stereocenters. The third-order valence-corrected chi connectivity index (χ3v) is 3.21. The fourth-order valence-electron chi connectivity index (χ4n) is 1.07. The van der Waals surface area contributed by atoms with Gasteiger partial charge in [0.15, 0.2) is 0 Å². The molecule has 0 aliphatic heterocycles. The van der Waals surface area contributed by atoms with E-state index in [1.165, 1.54) is 12.1 Å². The number of carbonyl (C=O) groups excluding carboxylic acids is 1. The van der Waals surface area contributed by atoms with E-state index in [4.69, 9.17) is 0 Å². The molecule has 0 heterocycles. The van der Waals surface area contributed by atoms with Crippen LogP contribution in [0.15, 0.2) is 29.2 Å². The second-order valence-corrected chi connectivity index (χ2v) is 4.81. The summed E-state index contributed by atoms with van der Waals surface area (Å²) in [6, 6.07) is 6.15. The van der Waals surface area contributed by atoms with Crippen molar-refractivity contribution in [3.05, 3.63) is 29.8 Å². The third-order valence-electron chi connectivity index (χ3n) is 1.78. The molecule has 1 aromatic carbocycles. The lowest BCUT2D eigenvalue weighted by atomic mass is 10.2. The van der Waals surface area contributed by atoms with Crippen LogP contribution in [0.3, 0.4) is 0 Å². The van der Waals surface area contributed by atoms with Crippen LogP contribution in [0.25, 0.3) is 0 Å². The first-order valence-electron chi connectivity index (χ1n) is 4.47. The molecule has 4 nitrogen and oxygen atoms in total.